The highest BCUT2D eigenvalue weighted by molar-refractivity contribution is 5.87. The summed E-state index contributed by atoms with van der Waals surface area (Å²) >= 11 is 0. The van der Waals surface area contributed by atoms with E-state index in [1.807, 2.05) is 59.3 Å². The average Bonchev–Trinajstić information content (AvgIpc) is 3.49. The van der Waals surface area contributed by atoms with Gasteiger partial charge in [-0.3, -0.25) is 0 Å². The molecule has 4 atom stereocenters. The van der Waals surface area contributed by atoms with Crippen LogP contribution < -0.4 is 15.8 Å². The molecule has 2 aromatic carbocycles. The van der Waals surface area contributed by atoms with Crippen LogP contribution in [0.3, 0.4) is 0 Å². The van der Waals surface area contributed by atoms with E-state index >= 15 is 0 Å². The van der Waals surface area contributed by atoms with Crippen LogP contribution in [0.5, 0.6) is 5.75 Å². The molecule has 1 aliphatic carbocycles. The van der Waals surface area contributed by atoms with Crippen molar-refractivity contribution in [3.63, 3.8) is 0 Å². The lowest BCUT2D eigenvalue weighted by Gasteiger charge is -2.19. The van der Waals surface area contributed by atoms with E-state index in [4.69, 9.17) is 10.5 Å². The summed E-state index contributed by atoms with van der Waals surface area (Å²) in [7, 11) is 0. The number of ether oxygens (including phenoxy) is 1. The molecular weight excluding hydrogens is 480 g/mol. The number of benzene rings is 2. The summed E-state index contributed by atoms with van der Waals surface area (Å²) in [5.41, 5.74) is 8.54. The van der Waals surface area contributed by atoms with Crippen molar-refractivity contribution in [3.05, 3.63) is 84.8 Å². The van der Waals surface area contributed by atoms with Gasteiger partial charge < -0.3 is 30.6 Å². The third-order valence-electron chi connectivity index (χ3n) is 7.33. The molecule has 1 saturated carbocycles. The number of nitrogens with one attached hydrogen (secondary N) is 1. The normalized spacial score (nSPS) is 21.2. The van der Waals surface area contributed by atoms with Crippen LogP contribution in [0.4, 0.5) is 11.6 Å². The number of anilines is 2. The van der Waals surface area contributed by atoms with E-state index in [-0.39, 0.29) is 18.6 Å². The molecule has 0 saturated heterocycles. The van der Waals surface area contributed by atoms with Crippen LogP contribution in [0.2, 0.25) is 0 Å². The molecule has 0 aliphatic heterocycles. The maximum Gasteiger partial charge on any atom is 0.145 e. The second-order valence-electron chi connectivity index (χ2n) is 9.79. The summed E-state index contributed by atoms with van der Waals surface area (Å²) < 4.78 is 7.97. The van der Waals surface area contributed by atoms with Gasteiger partial charge in [-0.2, -0.15) is 0 Å². The molecule has 0 spiro atoms. The zero-order chi connectivity index (χ0) is 26.1. The van der Waals surface area contributed by atoms with Crippen molar-refractivity contribution >= 4 is 33.6 Å². The van der Waals surface area contributed by atoms with Crippen molar-refractivity contribution in [3.8, 4) is 5.75 Å². The summed E-state index contributed by atoms with van der Waals surface area (Å²) in [6.45, 7) is 1.02. The van der Waals surface area contributed by atoms with E-state index in [0.717, 1.165) is 40.7 Å². The number of fused-ring (bicyclic) bond motifs is 2. The highest BCUT2D eigenvalue weighted by atomic mass is 16.5. The number of aliphatic hydroxyl groups is 2. The number of hydrogen-bond donors (Lipinski definition) is 4. The minimum atomic E-state index is -0.938. The Morgan fingerprint density at radius 1 is 1.00 bits per heavy atom. The number of pyridine rings is 1. The molecule has 9 nitrogen and oxygen atoms in total. The lowest BCUT2D eigenvalue weighted by molar-refractivity contribution is -0.00141. The van der Waals surface area contributed by atoms with Crippen LogP contribution in [0.25, 0.3) is 21.9 Å². The van der Waals surface area contributed by atoms with Crippen LogP contribution in [-0.4, -0.2) is 55.1 Å². The summed E-state index contributed by atoms with van der Waals surface area (Å²) in [5.74, 6) is 1.67. The molecule has 5 aromatic rings. The first-order valence-corrected chi connectivity index (χ1v) is 12.8. The maximum absolute atomic E-state index is 11.0. The highest BCUT2D eigenvalue weighted by Gasteiger charge is 2.43. The van der Waals surface area contributed by atoms with Gasteiger partial charge in [-0.15, -0.1) is 0 Å². The van der Waals surface area contributed by atoms with Crippen LogP contribution in [-0.2, 0) is 6.42 Å². The molecular formula is C29H30N6O3. The molecule has 3 heterocycles. The van der Waals surface area contributed by atoms with Gasteiger partial charge in [0.2, 0.25) is 0 Å². The number of hydrogen-bond acceptors (Lipinski definition) is 8. The van der Waals surface area contributed by atoms with Crippen molar-refractivity contribution in [2.24, 2.45) is 5.92 Å². The average molecular weight is 511 g/mol. The molecule has 38 heavy (non-hydrogen) atoms. The van der Waals surface area contributed by atoms with Crippen molar-refractivity contribution in [2.75, 3.05) is 24.2 Å². The van der Waals surface area contributed by atoms with Crippen molar-refractivity contribution in [2.45, 2.75) is 31.1 Å². The van der Waals surface area contributed by atoms with Gasteiger partial charge in [0.25, 0.3) is 0 Å². The fourth-order valence-corrected chi connectivity index (χ4v) is 5.30. The second-order valence-corrected chi connectivity index (χ2v) is 9.79. The molecule has 9 heteroatoms. The van der Waals surface area contributed by atoms with E-state index in [1.54, 1.807) is 6.07 Å². The first kappa shape index (κ1) is 24.1. The third kappa shape index (κ3) is 4.73. The molecule has 194 valence electrons. The molecule has 5 N–H and O–H groups in total. The van der Waals surface area contributed by atoms with Crippen molar-refractivity contribution < 1.29 is 14.9 Å². The Bertz CT molecular complexity index is 1560. The van der Waals surface area contributed by atoms with Gasteiger partial charge >= 0.3 is 0 Å². The van der Waals surface area contributed by atoms with Gasteiger partial charge in [-0.25, -0.2) is 15.0 Å². The Kier molecular flexibility index (Phi) is 6.53. The first-order valence-electron chi connectivity index (χ1n) is 12.8. The Morgan fingerprint density at radius 2 is 1.87 bits per heavy atom. The topological polar surface area (TPSA) is 131 Å². The fourth-order valence-electron chi connectivity index (χ4n) is 5.30. The number of nitrogens with zero attached hydrogens (tertiary/aromatic N) is 4. The van der Waals surface area contributed by atoms with Crippen LogP contribution in [0, 0.1) is 5.92 Å². The first-order chi connectivity index (χ1) is 18.6. The van der Waals surface area contributed by atoms with E-state index < -0.39 is 12.2 Å². The molecule has 0 radical (unpaired) electrons. The fraction of sp³-hybridized carbons (Fsp3) is 0.276. The number of rotatable bonds is 8. The lowest BCUT2D eigenvalue weighted by atomic mass is 10.1. The molecule has 6 rings (SSSR count). The SMILES string of the molecule is Nc1ccc2cc(OC[C@H]3C[C@@H](n4ccc5c(NCCc6ccccc6)ncnc54)[C@H](O)[C@@H]3O)ccc2n1. The van der Waals surface area contributed by atoms with Crippen molar-refractivity contribution in [1.29, 1.82) is 0 Å². The molecule has 0 unspecified atom stereocenters. The Balaban J connectivity index is 1.14. The molecule has 0 bridgehead atoms. The summed E-state index contributed by atoms with van der Waals surface area (Å²) in [5, 5.41) is 27.0. The van der Waals surface area contributed by atoms with Crippen LogP contribution in [0.1, 0.15) is 18.0 Å². The standard InChI is InChI=1S/C29H30N6O3/c30-25-9-6-19-14-21(7-8-23(19)34-25)38-16-20-15-24(27(37)26(20)36)35-13-11-22-28(32-17-33-29(22)35)31-12-10-18-4-2-1-3-5-18/h1-9,11,13-14,17,20,24,26-27,36-37H,10,12,15-16H2,(H2,30,34)(H,31,32,33)/t20-,24-,26-,27+/m1/s1. The number of nitrogens with two attached hydrogens (primary N) is 1. The maximum atomic E-state index is 11.0. The molecule has 1 fully saturated rings. The minimum absolute atomic E-state index is 0.238. The van der Waals surface area contributed by atoms with E-state index in [2.05, 4.69) is 32.4 Å². The third-order valence-corrected chi connectivity index (χ3v) is 7.33. The van der Waals surface area contributed by atoms with Crippen molar-refractivity contribution in [1.82, 2.24) is 19.5 Å². The summed E-state index contributed by atoms with van der Waals surface area (Å²) in [4.78, 5) is 13.2. The van der Waals surface area contributed by atoms with Gasteiger partial charge in [0, 0.05) is 24.0 Å². The van der Waals surface area contributed by atoms with Gasteiger partial charge in [-0.05, 0) is 54.8 Å². The predicted molar refractivity (Wildman–Crippen MR) is 147 cm³/mol. The Hall–Kier alpha value is -4.21. The quantitative estimate of drug-likeness (QED) is 0.249. The smallest absolute Gasteiger partial charge is 0.145 e. The zero-order valence-corrected chi connectivity index (χ0v) is 20.8. The van der Waals surface area contributed by atoms with Crippen LogP contribution in [0.15, 0.2) is 79.3 Å². The minimum Gasteiger partial charge on any atom is -0.493 e. The number of nitrogen functional groups attached to an aromatic ring is 1. The van der Waals surface area contributed by atoms with Gasteiger partial charge in [-0.1, -0.05) is 30.3 Å². The van der Waals surface area contributed by atoms with E-state index in [0.29, 0.717) is 18.0 Å². The highest BCUT2D eigenvalue weighted by Crippen LogP contribution is 2.38. The number of aromatic nitrogens is 4. The predicted octanol–water partition coefficient (Wildman–Crippen LogP) is 3.58. The van der Waals surface area contributed by atoms with E-state index in [1.165, 1.54) is 11.9 Å². The Labute approximate surface area is 219 Å². The zero-order valence-electron chi connectivity index (χ0n) is 20.8. The van der Waals surface area contributed by atoms with Gasteiger partial charge in [0.1, 0.15) is 35.5 Å². The summed E-state index contributed by atoms with van der Waals surface area (Å²) in [6, 6.07) is 21.2. The molecule has 3 aromatic heterocycles. The van der Waals surface area contributed by atoms with Gasteiger partial charge in [0.15, 0.2) is 0 Å². The largest absolute Gasteiger partial charge is 0.493 e. The van der Waals surface area contributed by atoms with E-state index in [9.17, 15) is 10.2 Å². The summed E-state index contributed by atoms with van der Waals surface area (Å²) in [6.07, 6.45) is 3.03. The molecule has 0 amide bonds. The van der Waals surface area contributed by atoms with Gasteiger partial charge in [0.05, 0.1) is 29.7 Å². The molecule has 1 aliphatic rings. The second kappa shape index (κ2) is 10.3. The van der Waals surface area contributed by atoms with Crippen LogP contribution >= 0.6 is 0 Å². The number of aliphatic hydroxyl groups excluding tert-OH is 2. The lowest BCUT2D eigenvalue weighted by Crippen LogP contribution is -2.31. The monoisotopic (exact) mass is 510 g/mol. The Morgan fingerprint density at radius 3 is 2.74 bits per heavy atom.